The molecule has 0 aromatic heterocycles. The standard InChI is InChI=1S/C57H100O6/c1-4-7-10-13-16-19-22-25-28-30-32-35-38-41-44-47-50-56(59)62-53-54(52-61-55(58)49-46-43-40-37-34-31-27-24-21-18-15-12-9-6-3)63-57(60)51-48-45-42-39-36-33-29-26-23-20-17-14-11-8-5-2/h8,11,17,19-20,22,26,28-30,54H,4-7,9-10,12-16,18,21,23-25,27,31-53H2,1-3H3/b11-8-,20-17-,22-19-,29-26-,30-28-. The molecule has 1 atom stereocenters. The molecule has 0 spiro atoms. The molecule has 0 amide bonds. The second-order valence-electron chi connectivity index (χ2n) is 17.8. The van der Waals surface area contributed by atoms with Crippen molar-refractivity contribution in [3.8, 4) is 0 Å². The summed E-state index contributed by atoms with van der Waals surface area (Å²) >= 11 is 0. The highest BCUT2D eigenvalue weighted by atomic mass is 16.6. The Morgan fingerprint density at radius 2 is 0.619 bits per heavy atom. The molecular weight excluding hydrogens is 781 g/mol. The molecule has 0 aliphatic carbocycles. The number of esters is 3. The Labute approximate surface area is 390 Å². The van der Waals surface area contributed by atoms with E-state index in [1.807, 2.05) is 0 Å². The van der Waals surface area contributed by atoms with Gasteiger partial charge in [0, 0.05) is 19.3 Å². The van der Waals surface area contributed by atoms with Gasteiger partial charge in [0.2, 0.25) is 0 Å². The van der Waals surface area contributed by atoms with Crippen LogP contribution in [0.2, 0.25) is 0 Å². The lowest BCUT2D eigenvalue weighted by Crippen LogP contribution is -2.30. The Morgan fingerprint density at radius 3 is 0.984 bits per heavy atom. The van der Waals surface area contributed by atoms with Gasteiger partial charge in [0.15, 0.2) is 6.10 Å². The van der Waals surface area contributed by atoms with Crippen molar-refractivity contribution in [2.24, 2.45) is 0 Å². The van der Waals surface area contributed by atoms with Crippen LogP contribution in [0.4, 0.5) is 0 Å². The molecule has 0 aliphatic rings. The average molecular weight is 881 g/mol. The van der Waals surface area contributed by atoms with Crippen LogP contribution < -0.4 is 0 Å². The second kappa shape index (κ2) is 51.7. The summed E-state index contributed by atoms with van der Waals surface area (Å²) in [6.07, 6.45) is 63.4. The number of carbonyl (C=O) groups is 3. The summed E-state index contributed by atoms with van der Waals surface area (Å²) in [6, 6.07) is 0. The summed E-state index contributed by atoms with van der Waals surface area (Å²) in [4.78, 5) is 38.0. The molecule has 0 bridgehead atoms. The monoisotopic (exact) mass is 881 g/mol. The zero-order valence-electron chi connectivity index (χ0n) is 41.6. The third-order valence-corrected chi connectivity index (χ3v) is 11.5. The molecule has 6 heteroatoms. The molecular formula is C57H100O6. The normalized spacial score (nSPS) is 12.5. The fourth-order valence-electron chi connectivity index (χ4n) is 7.49. The van der Waals surface area contributed by atoms with Crippen molar-refractivity contribution in [3.05, 3.63) is 60.8 Å². The third-order valence-electron chi connectivity index (χ3n) is 11.5. The molecule has 0 saturated heterocycles. The zero-order chi connectivity index (χ0) is 45.8. The Morgan fingerprint density at radius 1 is 0.333 bits per heavy atom. The predicted octanol–water partition coefficient (Wildman–Crippen LogP) is 17.6. The van der Waals surface area contributed by atoms with Gasteiger partial charge in [0.25, 0.3) is 0 Å². The van der Waals surface area contributed by atoms with Crippen molar-refractivity contribution in [3.63, 3.8) is 0 Å². The van der Waals surface area contributed by atoms with E-state index in [4.69, 9.17) is 14.2 Å². The summed E-state index contributed by atoms with van der Waals surface area (Å²) in [5.74, 6) is -0.908. The van der Waals surface area contributed by atoms with E-state index in [-0.39, 0.29) is 31.1 Å². The quantitative estimate of drug-likeness (QED) is 0.0262. The zero-order valence-corrected chi connectivity index (χ0v) is 41.6. The fraction of sp³-hybridized carbons (Fsp3) is 0.772. The number of rotatable bonds is 48. The van der Waals surface area contributed by atoms with Gasteiger partial charge < -0.3 is 14.2 Å². The number of carbonyl (C=O) groups excluding carboxylic acids is 3. The van der Waals surface area contributed by atoms with Crippen LogP contribution in [-0.2, 0) is 28.6 Å². The van der Waals surface area contributed by atoms with E-state index in [0.717, 1.165) is 116 Å². The van der Waals surface area contributed by atoms with Crippen molar-refractivity contribution >= 4 is 17.9 Å². The first-order chi connectivity index (χ1) is 31.0. The first-order valence-corrected chi connectivity index (χ1v) is 26.8. The van der Waals surface area contributed by atoms with Crippen LogP contribution in [0.5, 0.6) is 0 Å². The maximum atomic E-state index is 12.8. The molecule has 1 unspecified atom stereocenters. The summed E-state index contributed by atoms with van der Waals surface area (Å²) < 4.78 is 16.8. The van der Waals surface area contributed by atoms with Crippen LogP contribution in [0.15, 0.2) is 60.8 Å². The minimum absolute atomic E-state index is 0.0839. The lowest BCUT2D eigenvalue weighted by atomic mass is 10.0. The molecule has 0 rings (SSSR count). The highest BCUT2D eigenvalue weighted by Crippen LogP contribution is 2.15. The van der Waals surface area contributed by atoms with Crippen molar-refractivity contribution < 1.29 is 28.6 Å². The van der Waals surface area contributed by atoms with E-state index in [1.54, 1.807) is 0 Å². The molecule has 6 nitrogen and oxygen atoms in total. The molecule has 0 fully saturated rings. The van der Waals surface area contributed by atoms with Crippen LogP contribution >= 0.6 is 0 Å². The van der Waals surface area contributed by atoms with Crippen LogP contribution in [0.25, 0.3) is 0 Å². The van der Waals surface area contributed by atoms with Crippen molar-refractivity contribution in [2.75, 3.05) is 13.2 Å². The van der Waals surface area contributed by atoms with Crippen LogP contribution in [0.3, 0.4) is 0 Å². The minimum atomic E-state index is -0.787. The van der Waals surface area contributed by atoms with Gasteiger partial charge in [-0.25, -0.2) is 0 Å². The Balaban J connectivity index is 4.42. The topological polar surface area (TPSA) is 78.9 Å². The predicted molar refractivity (Wildman–Crippen MR) is 270 cm³/mol. The maximum absolute atomic E-state index is 12.8. The largest absolute Gasteiger partial charge is 0.462 e. The van der Waals surface area contributed by atoms with Crippen molar-refractivity contribution in [2.45, 2.75) is 271 Å². The van der Waals surface area contributed by atoms with Gasteiger partial charge in [-0.1, -0.05) is 223 Å². The van der Waals surface area contributed by atoms with Crippen molar-refractivity contribution in [1.82, 2.24) is 0 Å². The first-order valence-electron chi connectivity index (χ1n) is 26.8. The number of allylic oxidation sites excluding steroid dienone is 10. The molecule has 0 heterocycles. The van der Waals surface area contributed by atoms with Crippen LogP contribution in [0.1, 0.15) is 265 Å². The first kappa shape index (κ1) is 60.1. The van der Waals surface area contributed by atoms with Gasteiger partial charge in [0.05, 0.1) is 0 Å². The summed E-state index contributed by atoms with van der Waals surface area (Å²) in [7, 11) is 0. The molecule has 0 aliphatic heterocycles. The fourth-order valence-corrected chi connectivity index (χ4v) is 7.49. The van der Waals surface area contributed by atoms with E-state index in [9.17, 15) is 14.4 Å². The number of hydrogen-bond acceptors (Lipinski definition) is 6. The van der Waals surface area contributed by atoms with E-state index < -0.39 is 6.10 Å². The van der Waals surface area contributed by atoms with Gasteiger partial charge in [-0.15, -0.1) is 0 Å². The molecule has 63 heavy (non-hydrogen) atoms. The summed E-state index contributed by atoms with van der Waals surface area (Å²) in [5, 5.41) is 0. The molecule has 0 radical (unpaired) electrons. The van der Waals surface area contributed by atoms with E-state index in [1.165, 1.54) is 109 Å². The highest BCUT2D eigenvalue weighted by Gasteiger charge is 2.19. The van der Waals surface area contributed by atoms with Gasteiger partial charge in [-0.3, -0.25) is 14.4 Å². The van der Waals surface area contributed by atoms with Crippen LogP contribution in [-0.4, -0.2) is 37.2 Å². The van der Waals surface area contributed by atoms with E-state index in [2.05, 4.69) is 81.5 Å². The SMILES string of the molecule is CC/C=C\C/C=C\C/C=C\CCCCCCCC(=O)OC(COC(=O)CCCCCCC/C=C\C/C=C\CCCCCC)COC(=O)CCCCCCCCCCCCCCCC. The number of hydrogen-bond donors (Lipinski definition) is 0. The van der Waals surface area contributed by atoms with E-state index in [0.29, 0.717) is 19.3 Å². The lowest BCUT2D eigenvalue weighted by molar-refractivity contribution is -0.167. The Bertz CT molecular complexity index is 1150. The van der Waals surface area contributed by atoms with Gasteiger partial charge >= 0.3 is 17.9 Å². The molecule has 0 aromatic rings. The maximum Gasteiger partial charge on any atom is 0.306 e. The van der Waals surface area contributed by atoms with Gasteiger partial charge in [-0.2, -0.15) is 0 Å². The lowest BCUT2D eigenvalue weighted by Gasteiger charge is -2.18. The van der Waals surface area contributed by atoms with Gasteiger partial charge in [-0.05, 0) is 83.5 Å². The smallest absolute Gasteiger partial charge is 0.306 e. The van der Waals surface area contributed by atoms with Gasteiger partial charge in [0.1, 0.15) is 13.2 Å². The minimum Gasteiger partial charge on any atom is -0.462 e. The third kappa shape index (κ3) is 50.0. The molecule has 0 aromatic carbocycles. The molecule has 364 valence electrons. The Hall–Kier alpha value is -2.89. The highest BCUT2D eigenvalue weighted by molar-refractivity contribution is 5.71. The van der Waals surface area contributed by atoms with Crippen molar-refractivity contribution in [1.29, 1.82) is 0 Å². The Kier molecular flexibility index (Phi) is 49.4. The summed E-state index contributed by atoms with van der Waals surface area (Å²) in [5.41, 5.74) is 0. The van der Waals surface area contributed by atoms with E-state index >= 15 is 0 Å². The summed E-state index contributed by atoms with van der Waals surface area (Å²) in [6.45, 7) is 6.50. The molecule has 0 N–H and O–H groups in total. The molecule has 0 saturated carbocycles. The van der Waals surface area contributed by atoms with Crippen LogP contribution in [0, 0.1) is 0 Å². The second-order valence-corrected chi connectivity index (χ2v) is 17.8. The average Bonchev–Trinajstić information content (AvgIpc) is 3.28. The number of ether oxygens (including phenoxy) is 3. The number of unbranched alkanes of at least 4 members (excludes halogenated alkanes) is 27.